The molecule has 23 heavy (non-hydrogen) atoms. The van der Waals surface area contributed by atoms with Crippen molar-refractivity contribution in [1.29, 1.82) is 0 Å². The predicted octanol–water partition coefficient (Wildman–Crippen LogP) is 2.49. The van der Waals surface area contributed by atoms with Gasteiger partial charge in [0.1, 0.15) is 0 Å². The summed E-state index contributed by atoms with van der Waals surface area (Å²) in [6.07, 6.45) is 3.64. The molecule has 1 aliphatic heterocycles. The SMILES string of the molecule is CN1C(=O)CC(C)(C)c2cc(-c3cncc(C(N)=O)c3)ccc21. The summed E-state index contributed by atoms with van der Waals surface area (Å²) in [6, 6.07) is 7.69. The number of carbonyl (C=O) groups excluding carboxylic acids is 2. The summed E-state index contributed by atoms with van der Waals surface area (Å²) in [5, 5.41) is 0. The van der Waals surface area contributed by atoms with E-state index in [0.717, 1.165) is 22.4 Å². The fourth-order valence-corrected chi connectivity index (χ4v) is 3.01. The van der Waals surface area contributed by atoms with Crippen LogP contribution in [0, 0.1) is 0 Å². The number of pyridine rings is 1. The lowest BCUT2D eigenvalue weighted by atomic mass is 9.76. The number of hydrogen-bond donors (Lipinski definition) is 1. The van der Waals surface area contributed by atoms with Crippen molar-refractivity contribution in [3.8, 4) is 11.1 Å². The van der Waals surface area contributed by atoms with E-state index in [1.54, 1.807) is 24.2 Å². The number of benzene rings is 1. The summed E-state index contributed by atoms with van der Waals surface area (Å²) in [7, 11) is 1.80. The van der Waals surface area contributed by atoms with Gasteiger partial charge >= 0.3 is 0 Å². The number of primary amides is 1. The molecule has 2 aromatic rings. The Bertz CT molecular complexity index is 812. The molecule has 0 aliphatic carbocycles. The van der Waals surface area contributed by atoms with E-state index in [9.17, 15) is 9.59 Å². The molecular weight excluding hydrogens is 290 g/mol. The lowest BCUT2D eigenvalue weighted by Gasteiger charge is -2.37. The summed E-state index contributed by atoms with van der Waals surface area (Å²) in [5.74, 6) is -0.379. The van der Waals surface area contributed by atoms with Crippen LogP contribution < -0.4 is 10.6 Å². The molecule has 0 spiro atoms. The third-order valence-electron chi connectivity index (χ3n) is 4.41. The molecule has 1 aromatic heterocycles. The first-order chi connectivity index (χ1) is 10.8. The Morgan fingerprint density at radius 1 is 1.22 bits per heavy atom. The van der Waals surface area contributed by atoms with Crippen LogP contribution in [0.1, 0.15) is 36.2 Å². The molecule has 0 saturated heterocycles. The lowest BCUT2D eigenvalue weighted by molar-refractivity contribution is -0.119. The van der Waals surface area contributed by atoms with E-state index in [4.69, 9.17) is 5.73 Å². The second kappa shape index (κ2) is 5.19. The molecule has 1 aliphatic rings. The highest BCUT2D eigenvalue weighted by Gasteiger charge is 2.35. The molecule has 118 valence electrons. The number of nitrogens with zero attached hydrogens (tertiary/aromatic N) is 2. The van der Waals surface area contributed by atoms with Crippen molar-refractivity contribution in [3.63, 3.8) is 0 Å². The van der Waals surface area contributed by atoms with E-state index in [1.807, 2.05) is 12.1 Å². The van der Waals surface area contributed by atoms with Crippen molar-refractivity contribution in [2.45, 2.75) is 25.7 Å². The van der Waals surface area contributed by atoms with Crippen LogP contribution in [0.2, 0.25) is 0 Å². The Morgan fingerprint density at radius 3 is 2.65 bits per heavy atom. The fraction of sp³-hybridized carbons (Fsp3) is 0.278. The minimum atomic E-state index is -0.497. The smallest absolute Gasteiger partial charge is 0.250 e. The summed E-state index contributed by atoms with van der Waals surface area (Å²) >= 11 is 0. The van der Waals surface area contributed by atoms with Crippen molar-refractivity contribution >= 4 is 17.5 Å². The third-order valence-corrected chi connectivity index (χ3v) is 4.41. The van der Waals surface area contributed by atoms with Crippen LogP contribution in [0.5, 0.6) is 0 Å². The van der Waals surface area contributed by atoms with E-state index < -0.39 is 5.91 Å². The van der Waals surface area contributed by atoms with E-state index in [-0.39, 0.29) is 11.3 Å². The van der Waals surface area contributed by atoms with E-state index in [2.05, 4.69) is 24.9 Å². The van der Waals surface area contributed by atoms with Crippen molar-refractivity contribution in [2.75, 3.05) is 11.9 Å². The van der Waals surface area contributed by atoms with Gasteiger partial charge in [-0.1, -0.05) is 19.9 Å². The molecule has 2 amide bonds. The van der Waals surface area contributed by atoms with Crippen LogP contribution in [-0.4, -0.2) is 23.8 Å². The van der Waals surface area contributed by atoms with Gasteiger partial charge in [0.2, 0.25) is 11.8 Å². The Morgan fingerprint density at radius 2 is 1.96 bits per heavy atom. The number of fused-ring (bicyclic) bond motifs is 1. The number of aromatic nitrogens is 1. The first kappa shape index (κ1) is 15.2. The summed E-state index contributed by atoms with van der Waals surface area (Å²) in [4.78, 5) is 29.2. The van der Waals surface area contributed by atoms with Crippen LogP contribution in [-0.2, 0) is 10.2 Å². The van der Waals surface area contributed by atoms with Gasteiger partial charge in [0.05, 0.1) is 5.56 Å². The van der Waals surface area contributed by atoms with E-state index >= 15 is 0 Å². The van der Waals surface area contributed by atoms with Gasteiger partial charge in [-0.05, 0) is 29.3 Å². The Balaban J connectivity index is 2.13. The zero-order chi connectivity index (χ0) is 16.8. The fourth-order valence-electron chi connectivity index (χ4n) is 3.01. The molecule has 1 aromatic carbocycles. The largest absolute Gasteiger partial charge is 0.366 e. The normalized spacial score (nSPS) is 16.1. The van der Waals surface area contributed by atoms with Gasteiger partial charge in [-0.15, -0.1) is 0 Å². The number of carbonyl (C=O) groups is 2. The maximum absolute atomic E-state index is 12.1. The monoisotopic (exact) mass is 309 g/mol. The van der Waals surface area contributed by atoms with Gasteiger partial charge in [-0.2, -0.15) is 0 Å². The molecule has 2 heterocycles. The standard InChI is InChI=1S/C18H19N3O2/c1-18(2)8-16(22)21(3)15-5-4-11(7-14(15)18)12-6-13(17(19)23)10-20-9-12/h4-7,9-10H,8H2,1-3H3,(H2,19,23). The van der Waals surface area contributed by atoms with Crippen LogP contribution in [0.4, 0.5) is 5.69 Å². The molecule has 0 radical (unpaired) electrons. The Hall–Kier alpha value is -2.69. The molecule has 2 N–H and O–H groups in total. The maximum Gasteiger partial charge on any atom is 0.250 e. The minimum Gasteiger partial charge on any atom is -0.366 e. The molecule has 5 nitrogen and oxygen atoms in total. The number of rotatable bonds is 2. The highest BCUT2D eigenvalue weighted by atomic mass is 16.2. The molecule has 0 saturated carbocycles. The quantitative estimate of drug-likeness (QED) is 0.926. The van der Waals surface area contributed by atoms with Gasteiger partial charge in [-0.25, -0.2) is 0 Å². The molecule has 0 atom stereocenters. The van der Waals surface area contributed by atoms with Crippen LogP contribution in [0.25, 0.3) is 11.1 Å². The minimum absolute atomic E-state index is 0.118. The highest BCUT2D eigenvalue weighted by molar-refractivity contribution is 5.98. The maximum atomic E-state index is 12.1. The summed E-state index contributed by atoms with van der Waals surface area (Å²) in [6.45, 7) is 4.14. The average Bonchev–Trinajstić information content (AvgIpc) is 2.52. The Labute approximate surface area is 135 Å². The number of anilines is 1. The third kappa shape index (κ3) is 2.59. The number of nitrogens with two attached hydrogens (primary N) is 1. The predicted molar refractivity (Wildman–Crippen MR) is 89.2 cm³/mol. The van der Waals surface area contributed by atoms with Crippen LogP contribution in [0.15, 0.2) is 36.7 Å². The molecule has 3 rings (SSSR count). The molecule has 0 fully saturated rings. The van der Waals surface area contributed by atoms with Crippen molar-refractivity contribution in [2.24, 2.45) is 5.73 Å². The molecular formula is C18H19N3O2. The van der Waals surface area contributed by atoms with Crippen LogP contribution >= 0.6 is 0 Å². The summed E-state index contributed by atoms with van der Waals surface area (Å²) < 4.78 is 0. The van der Waals surface area contributed by atoms with Gasteiger partial charge in [-0.3, -0.25) is 14.6 Å². The topological polar surface area (TPSA) is 76.3 Å². The number of amides is 2. The van der Waals surface area contributed by atoms with Gasteiger partial charge in [0, 0.05) is 42.5 Å². The molecule has 5 heteroatoms. The summed E-state index contributed by atoms with van der Waals surface area (Å²) in [5.41, 5.74) is 9.30. The average molecular weight is 309 g/mol. The second-order valence-corrected chi connectivity index (χ2v) is 6.57. The van der Waals surface area contributed by atoms with Gasteiger partial charge in [0.15, 0.2) is 0 Å². The first-order valence-corrected chi connectivity index (χ1v) is 7.46. The van der Waals surface area contributed by atoms with Crippen molar-refractivity contribution in [1.82, 2.24) is 4.98 Å². The Kier molecular flexibility index (Phi) is 3.43. The van der Waals surface area contributed by atoms with E-state index in [1.165, 1.54) is 6.20 Å². The molecule has 0 unspecified atom stereocenters. The van der Waals surface area contributed by atoms with E-state index in [0.29, 0.717) is 12.0 Å². The molecule has 0 bridgehead atoms. The number of hydrogen-bond acceptors (Lipinski definition) is 3. The van der Waals surface area contributed by atoms with Crippen molar-refractivity contribution < 1.29 is 9.59 Å². The van der Waals surface area contributed by atoms with Gasteiger partial charge < -0.3 is 10.6 Å². The first-order valence-electron chi connectivity index (χ1n) is 7.46. The zero-order valence-corrected chi connectivity index (χ0v) is 13.5. The van der Waals surface area contributed by atoms with Crippen LogP contribution in [0.3, 0.4) is 0 Å². The lowest BCUT2D eigenvalue weighted by Crippen LogP contribution is -2.39. The van der Waals surface area contributed by atoms with Gasteiger partial charge in [0.25, 0.3) is 0 Å². The highest BCUT2D eigenvalue weighted by Crippen LogP contribution is 2.41. The van der Waals surface area contributed by atoms with Crippen molar-refractivity contribution in [3.05, 3.63) is 47.8 Å². The second-order valence-electron chi connectivity index (χ2n) is 6.57. The zero-order valence-electron chi connectivity index (χ0n) is 13.5.